The van der Waals surface area contributed by atoms with Gasteiger partial charge in [-0.25, -0.2) is 0 Å². The van der Waals surface area contributed by atoms with Gasteiger partial charge in [0.25, 0.3) is 0 Å². The van der Waals surface area contributed by atoms with Gasteiger partial charge in [0.05, 0.1) is 11.7 Å². The van der Waals surface area contributed by atoms with Gasteiger partial charge in [-0.1, -0.05) is 18.5 Å². The van der Waals surface area contributed by atoms with Gasteiger partial charge in [-0.3, -0.25) is 4.79 Å². The molecule has 20 heavy (non-hydrogen) atoms. The molecular weight excluding hydrogens is 300 g/mol. The van der Waals surface area contributed by atoms with Crippen LogP contribution in [0.2, 0.25) is 5.02 Å². The van der Waals surface area contributed by atoms with Crippen molar-refractivity contribution in [3.63, 3.8) is 0 Å². The number of carbonyl (C=O) groups is 1. The number of carboxylic acid groups (broad SMARTS) is 1. The Hall–Kier alpha value is -1.53. The third-order valence-electron chi connectivity index (χ3n) is 2.57. The third-order valence-corrected chi connectivity index (χ3v) is 4.01. The van der Waals surface area contributed by atoms with E-state index in [0.717, 1.165) is 5.56 Å². The molecule has 0 amide bonds. The fraction of sp³-hybridized carbons (Fsp3) is 0.308. The van der Waals surface area contributed by atoms with Gasteiger partial charge in [0.2, 0.25) is 11.8 Å². The standard InChI is InChI=1S/C13H13ClN2O3S/c1-8(13(17)18)6-20-7-11-15-16-12(19-11)9-2-4-10(14)5-3-9/h2-5,8H,6-7H2,1H3,(H,17,18). The van der Waals surface area contributed by atoms with Crippen LogP contribution >= 0.6 is 23.4 Å². The van der Waals surface area contributed by atoms with Gasteiger partial charge < -0.3 is 9.52 Å². The topological polar surface area (TPSA) is 76.2 Å². The molecule has 0 saturated carbocycles. The Morgan fingerprint density at radius 1 is 1.40 bits per heavy atom. The minimum Gasteiger partial charge on any atom is -0.481 e. The molecule has 0 aliphatic carbocycles. The highest BCUT2D eigenvalue weighted by molar-refractivity contribution is 7.98. The summed E-state index contributed by atoms with van der Waals surface area (Å²) in [6, 6.07) is 7.12. The van der Waals surface area contributed by atoms with Gasteiger partial charge in [0, 0.05) is 16.3 Å². The van der Waals surface area contributed by atoms with Crippen molar-refractivity contribution in [3.05, 3.63) is 35.2 Å². The van der Waals surface area contributed by atoms with Gasteiger partial charge in [0.1, 0.15) is 0 Å². The van der Waals surface area contributed by atoms with Crippen LogP contribution in [0.3, 0.4) is 0 Å². The Kier molecular flexibility index (Phi) is 5.03. The second-order valence-electron chi connectivity index (χ2n) is 4.26. The normalized spacial score (nSPS) is 12.3. The van der Waals surface area contributed by atoms with E-state index in [1.165, 1.54) is 11.8 Å². The first kappa shape index (κ1) is 14.9. The number of aromatic nitrogens is 2. The second-order valence-corrected chi connectivity index (χ2v) is 5.73. The van der Waals surface area contributed by atoms with E-state index in [2.05, 4.69) is 10.2 Å². The van der Waals surface area contributed by atoms with Crippen molar-refractivity contribution in [2.24, 2.45) is 5.92 Å². The van der Waals surface area contributed by atoms with E-state index in [1.807, 2.05) is 0 Å². The Labute approximate surface area is 125 Å². The maximum atomic E-state index is 10.7. The highest BCUT2D eigenvalue weighted by atomic mass is 35.5. The van der Waals surface area contributed by atoms with E-state index in [1.54, 1.807) is 31.2 Å². The van der Waals surface area contributed by atoms with Crippen molar-refractivity contribution in [3.8, 4) is 11.5 Å². The lowest BCUT2D eigenvalue weighted by Crippen LogP contribution is -2.11. The highest BCUT2D eigenvalue weighted by Gasteiger charge is 2.13. The summed E-state index contributed by atoms with van der Waals surface area (Å²) < 4.78 is 5.52. The molecule has 106 valence electrons. The summed E-state index contributed by atoms with van der Waals surface area (Å²) >= 11 is 7.27. The smallest absolute Gasteiger partial charge is 0.307 e. The van der Waals surface area contributed by atoms with Crippen LogP contribution < -0.4 is 0 Å². The molecule has 0 fully saturated rings. The maximum Gasteiger partial charge on any atom is 0.307 e. The zero-order chi connectivity index (χ0) is 14.5. The largest absolute Gasteiger partial charge is 0.481 e. The van der Waals surface area contributed by atoms with Gasteiger partial charge >= 0.3 is 5.97 Å². The number of carboxylic acids is 1. The summed E-state index contributed by atoms with van der Waals surface area (Å²) in [6.45, 7) is 1.67. The maximum absolute atomic E-state index is 10.7. The van der Waals surface area contributed by atoms with Crippen molar-refractivity contribution in [2.45, 2.75) is 12.7 Å². The molecule has 2 rings (SSSR count). The molecule has 0 spiro atoms. The Morgan fingerprint density at radius 2 is 2.10 bits per heavy atom. The lowest BCUT2D eigenvalue weighted by molar-refractivity contribution is -0.140. The molecule has 1 heterocycles. The quantitative estimate of drug-likeness (QED) is 0.881. The number of thioether (sulfide) groups is 1. The predicted octanol–water partition coefficient (Wildman–Crippen LogP) is 3.34. The number of benzene rings is 1. The van der Waals surface area contributed by atoms with Crippen LogP contribution in [0.15, 0.2) is 28.7 Å². The highest BCUT2D eigenvalue weighted by Crippen LogP contribution is 2.22. The number of hydrogen-bond acceptors (Lipinski definition) is 5. The molecule has 1 aromatic carbocycles. The molecular formula is C13H13ClN2O3S. The SMILES string of the molecule is CC(CSCc1nnc(-c2ccc(Cl)cc2)o1)C(=O)O. The molecule has 1 unspecified atom stereocenters. The van der Waals surface area contributed by atoms with Crippen LogP contribution in [-0.2, 0) is 10.5 Å². The predicted molar refractivity (Wildman–Crippen MR) is 77.7 cm³/mol. The number of aliphatic carboxylic acids is 1. The lowest BCUT2D eigenvalue weighted by Gasteiger charge is -2.03. The van der Waals surface area contributed by atoms with E-state index in [9.17, 15) is 4.79 Å². The summed E-state index contributed by atoms with van der Waals surface area (Å²) in [4.78, 5) is 10.7. The van der Waals surface area contributed by atoms with Gasteiger partial charge in [-0.2, -0.15) is 11.8 Å². The zero-order valence-electron chi connectivity index (χ0n) is 10.7. The molecule has 2 aromatic rings. The molecule has 1 aromatic heterocycles. The molecule has 0 saturated heterocycles. The van der Waals surface area contributed by atoms with Crippen LogP contribution in [0.4, 0.5) is 0 Å². The first-order valence-electron chi connectivity index (χ1n) is 5.95. The Balaban J connectivity index is 1.92. The van der Waals surface area contributed by atoms with E-state index in [-0.39, 0.29) is 0 Å². The summed E-state index contributed by atoms with van der Waals surface area (Å²) in [6.07, 6.45) is 0. The first-order valence-corrected chi connectivity index (χ1v) is 7.48. The van der Waals surface area contributed by atoms with E-state index in [4.69, 9.17) is 21.1 Å². The van der Waals surface area contributed by atoms with Crippen molar-refractivity contribution in [1.82, 2.24) is 10.2 Å². The molecule has 1 atom stereocenters. The van der Waals surface area contributed by atoms with Crippen LogP contribution in [0.1, 0.15) is 12.8 Å². The lowest BCUT2D eigenvalue weighted by atomic mass is 10.2. The zero-order valence-corrected chi connectivity index (χ0v) is 12.3. The Bertz CT molecular complexity index is 586. The Morgan fingerprint density at radius 3 is 2.75 bits per heavy atom. The number of rotatable bonds is 6. The van der Waals surface area contributed by atoms with Gasteiger partial charge in [0.15, 0.2) is 0 Å². The first-order chi connectivity index (χ1) is 9.56. The van der Waals surface area contributed by atoms with Gasteiger partial charge in [-0.05, 0) is 24.3 Å². The number of halogens is 1. The van der Waals surface area contributed by atoms with Crippen LogP contribution in [0.25, 0.3) is 11.5 Å². The monoisotopic (exact) mass is 312 g/mol. The minimum atomic E-state index is -0.801. The summed E-state index contributed by atoms with van der Waals surface area (Å²) in [5, 5.41) is 17.3. The average Bonchev–Trinajstić information content (AvgIpc) is 2.88. The number of nitrogens with zero attached hydrogens (tertiary/aromatic N) is 2. The molecule has 0 aliphatic rings. The fourth-order valence-corrected chi connectivity index (χ4v) is 2.45. The fourth-order valence-electron chi connectivity index (χ4n) is 1.42. The molecule has 0 radical (unpaired) electrons. The van der Waals surface area contributed by atoms with E-state index in [0.29, 0.717) is 28.3 Å². The van der Waals surface area contributed by atoms with E-state index < -0.39 is 11.9 Å². The molecule has 0 aliphatic heterocycles. The van der Waals surface area contributed by atoms with Gasteiger partial charge in [-0.15, -0.1) is 10.2 Å². The molecule has 1 N–H and O–H groups in total. The summed E-state index contributed by atoms with van der Waals surface area (Å²) in [7, 11) is 0. The van der Waals surface area contributed by atoms with Crippen LogP contribution in [0.5, 0.6) is 0 Å². The second kappa shape index (κ2) is 6.76. The van der Waals surface area contributed by atoms with Crippen molar-refractivity contribution in [2.75, 3.05) is 5.75 Å². The van der Waals surface area contributed by atoms with Crippen LogP contribution in [0, 0.1) is 5.92 Å². The third kappa shape index (κ3) is 3.98. The molecule has 0 bridgehead atoms. The number of hydrogen-bond donors (Lipinski definition) is 1. The van der Waals surface area contributed by atoms with Crippen LogP contribution in [-0.4, -0.2) is 27.0 Å². The summed E-state index contributed by atoms with van der Waals surface area (Å²) in [5.74, 6) is 0.733. The van der Waals surface area contributed by atoms with Crippen molar-refractivity contribution >= 4 is 29.3 Å². The average molecular weight is 313 g/mol. The minimum absolute atomic E-state index is 0.390. The van der Waals surface area contributed by atoms with Crippen molar-refractivity contribution < 1.29 is 14.3 Å². The van der Waals surface area contributed by atoms with Crippen molar-refractivity contribution in [1.29, 1.82) is 0 Å². The van der Waals surface area contributed by atoms with E-state index >= 15 is 0 Å². The molecule has 7 heteroatoms. The molecule has 5 nitrogen and oxygen atoms in total. The summed E-state index contributed by atoms with van der Waals surface area (Å²) in [5.41, 5.74) is 0.803.